The van der Waals surface area contributed by atoms with Crippen LogP contribution in [0.25, 0.3) is 10.9 Å². The van der Waals surface area contributed by atoms with Gasteiger partial charge in [0.05, 0.1) is 31.3 Å². The number of imide groups is 1. The number of ether oxygens (including phenoxy) is 1. The number of benzene rings is 2. The van der Waals surface area contributed by atoms with E-state index in [1.54, 1.807) is 31.4 Å². The van der Waals surface area contributed by atoms with Crippen molar-refractivity contribution in [2.24, 2.45) is 5.92 Å². The van der Waals surface area contributed by atoms with Crippen LogP contribution in [-0.4, -0.2) is 40.5 Å². The number of nitrogens with zero attached hydrogens (tertiary/aromatic N) is 2. The van der Waals surface area contributed by atoms with Crippen LogP contribution < -0.4 is 15.4 Å². The molecule has 1 atom stereocenters. The summed E-state index contributed by atoms with van der Waals surface area (Å²) < 4.78 is 7.29. The van der Waals surface area contributed by atoms with Crippen molar-refractivity contribution < 1.29 is 19.1 Å². The highest BCUT2D eigenvalue weighted by atomic mass is 16.5. The number of nitrogens with one attached hydrogen (secondary N) is 2. The second-order valence-electron chi connectivity index (χ2n) is 8.63. The van der Waals surface area contributed by atoms with Crippen molar-refractivity contribution in [1.29, 1.82) is 0 Å². The molecule has 2 N–H and O–H groups in total. The minimum absolute atomic E-state index is 0.132. The molecule has 4 rings (SSSR count). The summed E-state index contributed by atoms with van der Waals surface area (Å²) in [6.07, 6.45) is 1.88. The Labute approximate surface area is 192 Å². The standard InChI is InChI=1S/C25H28N4O4/c1-16(2)14-28-12-11-19-20(5-4-6-22(19)28)26-23(30)13-21-24(31)29(25(32)27-21)15-17-7-9-18(33-3)10-8-17/h4-12,16,21H,13-15H2,1-3H3,(H,26,30)(H,27,32)/t21-/m1/s1. The fourth-order valence-corrected chi connectivity index (χ4v) is 4.05. The number of methoxy groups -OCH3 is 1. The molecule has 1 saturated heterocycles. The van der Waals surface area contributed by atoms with E-state index in [-0.39, 0.29) is 18.9 Å². The van der Waals surface area contributed by atoms with Gasteiger partial charge in [0.25, 0.3) is 5.91 Å². The highest BCUT2D eigenvalue weighted by Gasteiger charge is 2.39. The summed E-state index contributed by atoms with van der Waals surface area (Å²) in [5, 5.41) is 6.47. The van der Waals surface area contributed by atoms with E-state index in [1.807, 2.05) is 30.5 Å². The lowest BCUT2D eigenvalue weighted by Crippen LogP contribution is -2.34. The van der Waals surface area contributed by atoms with E-state index in [1.165, 1.54) is 0 Å². The summed E-state index contributed by atoms with van der Waals surface area (Å²) in [5.74, 6) is 0.452. The normalized spacial score (nSPS) is 15.9. The van der Waals surface area contributed by atoms with Crippen LogP contribution in [0.3, 0.4) is 0 Å². The Bertz CT molecular complexity index is 1180. The van der Waals surface area contributed by atoms with Crippen molar-refractivity contribution in [3.63, 3.8) is 0 Å². The van der Waals surface area contributed by atoms with Crippen LogP contribution in [0.4, 0.5) is 10.5 Å². The van der Waals surface area contributed by atoms with Crippen molar-refractivity contribution in [3.8, 4) is 5.75 Å². The Morgan fingerprint density at radius 3 is 2.58 bits per heavy atom. The molecule has 1 aliphatic rings. The maximum Gasteiger partial charge on any atom is 0.325 e. The predicted octanol–water partition coefficient (Wildman–Crippen LogP) is 3.76. The largest absolute Gasteiger partial charge is 0.497 e. The van der Waals surface area contributed by atoms with Crippen molar-refractivity contribution in [1.82, 2.24) is 14.8 Å². The van der Waals surface area contributed by atoms with E-state index >= 15 is 0 Å². The fraction of sp³-hybridized carbons (Fsp3) is 0.320. The quantitative estimate of drug-likeness (QED) is 0.513. The summed E-state index contributed by atoms with van der Waals surface area (Å²) in [6.45, 7) is 5.33. The lowest BCUT2D eigenvalue weighted by Gasteiger charge is -2.14. The first-order valence-electron chi connectivity index (χ1n) is 11.0. The fourth-order valence-electron chi connectivity index (χ4n) is 4.05. The third-order valence-corrected chi connectivity index (χ3v) is 5.65. The highest BCUT2D eigenvalue weighted by molar-refractivity contribution is 6.08. The zero-order chi connectivity index (χ0) is 23.5. The second kappa shape index (κ2) is 9.36. The van der Waals surface area contributed by atoms with Gasteiger partial charge in [-0.05, 0) is 41.8 Å². The Kier molecular flexibility index (Phi) is 6.35. The monoisotopic (exact) mass is 448 g/mol. The first-order chi connectivity index (χ1) is 15.9. The van der Waals surface area contributed by atoms with Gasteiger partial charge in [0.1, 0.15) is 11.8 Å². The molecule has 172 valence electrons. The number of hydrogen-bond donors (Lipinski definition) is 2. The Hall–Kier alpha value is -3.81. The third kappa shape index (κ3) is 4.84. The van der Waals surface area contributed by atoms with Crippen molar-refractivity contribution in [2.45, 2.75) is 39.4 Å². The molecule has 2 aromatic carbocycles. The second-order valence-corrected chi connectivity index (χ2v) is 8.63. The molecule has 2 heterocycles. The minimum Gasteiger partial charge on any atom is -0.497 e. The van der Waals surface area contributed by atoms with E-state index in [2.05, 4.69) is 29.0 Å². The molecule has 0 saturated carbocycles. The van der Waals surface area contributed by atoms with Crippen LogP contribution in [-0.2, 0) is 22.7 Å². The molecule has 33 heavy (non-hydrogen) atoms. The molecule has 1 fully saturated rings. The molecule has 0 unspecified atom stereocenters. The topological polar surface area (TPSA) is 92.7 Å². The molecule has 1 aromatic heterocycles. The molecule has 1 aliphatic heterocycles. The number of carbonyl (C=O) groups excluding carboxylic acids is 3. The van der Waals surface area contributed by atoms with E-state index in [4.69, 9.17) is 4.74 Å². The van der Waals surface area contributed by atoms with Crippen LogP contribution in [0.5, 0.6) is 5.75 Å². The van der Waals surface area contributed by atoms with E-state index in [0.29, 0.717) is 17.4 Å². The number of rotatable bonds is 8. The number of hydrogen-bond acceptors (Lipinski definition) is 4. The highest BCUT2D eigenvalue weighted by Crippen LogP contribution is 2.26. The lowest BCUT2D eigenvalue weighted by atomic mass is 10.1. The molecule has 0 aliphatic carbocycles. The van der Waals surface area contributed by atoms with Crippen LogP contribution in [0, 0.1) is 5.92 Å². The average Bonchev–Trinajstić information content (AvgIpc) is 3.30. The summed E-state index contributed by atoms with van der Waals surface area (Å²) >= 11 is 0. The number of amides is 4. The van der Waals surface area contributed by atoms with Crippen molar-refractivity contribution in [2.75, 3.05) is 12.4 Å². The van der Waals surface area contributed by atoms with Gasteiger partial charge in [-0.25, -0.2) is 4.79 Å². The molecule has 8 nitrogen and oxygen atoms in total. The van der Waals surface area contributed by atoms with Crippen LogP contribution in [0.15, 0.2) is 54.7 Å². The number of fused-ring (bicyclic) bond motifs is 1. The Morgan fingerprint density at radius 2 is 1.88 bits per heavy atom. The van der Waals surface area contributed by atoms with Crippen LogP contribution in [0.2, 0.25) is 0 Å². The maximum atomic E-state index is 12.8. The van der Waals surface area contributed by atoms with Gasteiger partial charge in [-0.2, -0.15) is 0 Å². The Morgan fingerprint density at radius 1 is 1.12 bits per heavy atom. The van der Waals surface area contributed by atoms with Gasteiger partial charge in [-0.15, -0.1) is 0 Å². The smallest absolute Gasteiger partial charge is 0.325 e. The zero-order valence-corrected chi connectivity index (χ0v) is 19.0. The number of aromatic nitrogens is 1. The first kappa shape index (κ1) is 22.4. The van der Waals surface area contributed by atoms with Gasteiger partial charge in [0.15, 0.2) is 0 Å². The molecule has 0 radical (unpaired) electrons. The Balaban J connectivity index is 1.41. The zero-order valence-electron chi connectivity index (χ0n) is 19.0. The van der Waals surface area contributed by atoms with Gasteiger partial charge in [0, 0.05) is 18.1 Å². The van der Waals surface area contributed by atoms with Crippen molar-refractivity contribution >= 4 is 34.4 Å². The minimum atomic E-state index is -0.888. The van der Waals surface area contributed by atoms with Crippen LogP contribution in [0.1, 0.15) is 25.8 Å². The summed E-state index contributed by atoms with van der Waals surface area (Å²) in [6, 6.07) is 13.5. The molecule has 0 spiro atoms. The van der Waals surface area contributed by atoms with Crippen LogP contribution >= 0.6 is 0 Å². The van der Waals surface area contributed by atoms with E-state index in [0.717, 1.165) is 27.9 Å². The predicted molar refractivity (Wildman–Crippen MR) is 126 cm³/mol. The van der Waals surface area contributed by atoms with Gasteiger partial charge < -0.3 is 19.9 Å². The lowest BCUT2D eigenvalue weighted by molar-refractivity contribution is -0.130. The number of carbonyl (C=O) groups is 3. The summed E-state index contributed by atoms with van der Waals surface area (Å²) in [5.41, 5.74) is 2.52. The summed E-state index contributed by atoms with van der Waals surface area (Å²) in [4.78, 5) is 39.0. The SMILES string of the molecule is COc1ccc(CN2C(=O)N[C@H](CC(=O)Nc3cccc4c3ccn4CC(C)C)C2=O)cc1. The number of anilines is 1. The third-order valence-electron chi connectivity index (χ3n) is 5.65. The average molecular weight is 449 g/mol. The van der Waals surface area contributed by atoms with Gasteiger partial charge in [-0.1, -0.05) is 32.0 Å². The molecule has 3 aromatic rings. The first-order valence-corrected chi connectivity index (χ1v) is 11.0. The summed E-state index contributed by atoms with van der Waals surface area (Å²) in [7, 11) is 1.57. The van der Waals surface area contributed by atoms with Gasteiger partial charge in [-0.3, -0.25) is 14.5 Å². The van der Waals surface area contributed by atoms with Gasteiger partial charge >= 0.3 is 6.03 Å². The van der Waals surface area contributed by atoms with Gasteiger partial charge in [0.2, 0.25) is 5.91 Å². The number of urea groups is 1. The molecule has 0 bridgehead atoms. The molecule has 8 heteroatoms. The van der Waals surface area contributed by atoms with Crippen molar-refractivity contribution in [3.05, 3.63) is 60.3 Å². The van der Waals surface area contributed by atoms with E-state index in [9.17, 15) is 14.4 Å². The van der Waals surface area contributed by atoms with E-state index < -0.39 is 18.0 Å². The molecular formula is C25H28N4O4. The molecular weight excluding hydrogens is 420 g/mol. The maximum absolute atomic E-state index is 12.8. The molecule has 4 amide bonds.